The lowest BCUT2D eigenvalue weighted by atomic mass is 10.0. The van der Waals surface area contributed by atoms with Crippen molar-refractivity contribution in [2.24, 2.45) is 0 Å². The van der Waals surface area contributed by atoms with Gasteiger partial charge in [-0.05, 0) is 48.2 Å². The largest absolute Gasteiger partial charge is 0.497 e. The topological polar surface area (TPSA) is 38.3 Å². The fourth-order valence-electron chi connectivity index (χ4n) is 2.62. The Morgan fingerprint density at radius 2 is 1.77 bits per heavy atom. The third kappa shape index (κ3) is 3.25. The molecule has 0 saturated heterocycles. The lowest BCUT2D eigenvalue weighted by Gasteiger charge is -2.18. The van der Waals surface area contributed by atoms with Crippen LogP contribution < -0.4 is 10.1 Å². The van der Waals surface area contributed by atoms with E-state index in [4.69, 9.17) is 16.3 Å². The number of halogens is 1. The van der Waals surface area contributed by atoms with Gasteiger partial charge in [0.15, 0.2) is 0 Å². The highest BCUT2D eigenvalue weighted by molar-refractivity contribution is 6.30. The zero-order valence-electron chi connectivity index (χ0n) is 12.4. The summed E-state index contributed by atoms with van der Waals surface area (Å²) in [7, 11) is 1.63. The van der Waals surface area contributed by atoms with Crippen LogP contribution in [0.5, 0.6) is 5.75 Å². The first-order valence-corrected chi connectivity index (χ1v) is 7.69. The molecule has 0 heterocycles. The molecular formula is C18H18ClNO2. The number of carbonyl (C=O) groups is 1. The Labute approximate surface area is 135 Å². The Morgan fingerprint density at radius 1 is 1.14 bits per heavy atom. The summed E-state index contributed by atoms with van der Waals surface area (Å²) in [4.78, 5) is 12.3. The minimum Gasteiger partial charge on any atom is -0.497 e. The maximum absolute atomic E-state index is 12.3. The molecule has 3 rings (SSSR count). The minimum atomic E-state index is -0.200. The van der Waals surface area contributed by atoms with E-state index in [-0.39, 0.29) is 11.4 Å². The van der Waals surface area contributed by atoms with Crippen LogP contribution >= 0.6 is 11.6 Å². The lowest BCUT2D eigenvalue weighted by molar-refractivity contribution is -0.121. The second kappa shape index (κ2) is 6.01. The standard InChI is InChI=1S/C18H18ClNO2/c1-22-16-8-2-13(3-9-16)12-17(21)20-18(10-11-18)14-4-6-15(19)7-5-14/h2-9H,10-12H2,1H3,(H,20,21). The summed E-state index contributed by atoms with van der Waals surface area (Å²) < 4.78 is 5.12. The van der Waals surface area contributed by atoms with Gasteiger partial charge < -0.3 is 10.1 Å². The highest BCUT2D eigenvalue weighted by Gasteiger charge is 2.45. The van der Waals surface area contributed by atoms with Crippen molar-refractivity contribution in [3.05, 3.63) is 64.7 Å². The molecule has 4 heteroatoms. The van der Waals surface area contributed by atoms with Crippen LogP contribution in [0.4, 0.5) is 0 Å². The van der Waals surface area contributed by atoms with Crippen molar-refractivity contribution in [2.75, 3.05) is 7.11 Å². The van der Waals surface area contributed by atoms with Crippen molar-refractivity contribution in [2.45, 2.75) is 24.8 Å². The van der Waals surface area contributed by atoms with Crippen molar-refractivity contribution in [3.63, 3.8) is 0 Å². The summed E-state index contributed by atoms with van der Waals surface area (Å²) in [5.41, 5.74) is 1.90. The van der Waals surface area contributed by atoms with Crippen LogP contribution in [-0.2, 0) is 16.8 Å². The number of benzene rings is 2. The molecule has 1 N–H and O–H groups in total. The first-order chi connectivity index (χ1) is 10.6. The van der Waals surface area contributed by atoms with Crippen molar-refractivity contribution in [1.29, 1.82) is 0 Å². The predicted octanol–water partition coefficient (Wildman–Crippen LogP) is 3.70. The smallest absolute Gasteiger partial charge is 0.225 e. The fraction of sp³-hybridized carbons (Fsp3) is 0.278. The summed E-state index contributed by atoms with van der Waals surface area (Å²) >= 11 is 5.92. The molecule has 2 aromatic rings. The van der Waals surface area contributed by atoms with Gasteiger partial charge in [-0.1, -0.05) is 35.9 Å². The monoisotopic (exact) mass is 315 g/mol. The maximum atomic E-state index is 12.3. The molecule has 0 bridgehead atoms. The molecule has 0 spiro atoms. The molecular weight excluding hydrogens is 298 g/mol. The van der Waals surface area contributed by atoms with Gasteiger partial charge in [0, 0.05) is 5.02 Å². The van der Waals surface area contributed by atoms with Crippen LogP contribution in [0.2, 0.25) is 5.02 Å². The second-order valence-corrected chi connectivity index (χ2v) is 6.10. The number of hydrogen-bond donors (Lipinski definition) is 1. The molecule has 1 fully saturated rings. The van der Waals surface area contributed by atoms with E-state index in [0.29, 0.717) is 11.4 Å². The third-order valence-corrected chi connectivity index (χ3v) is 4.30. The molecule has 22 heavy (non-hydrogen) atoms. The molecule has 0 aliphatic heterocycles. The Bertz CT molecular complexity index is 660. The average molecular weight is 316 g/mol. The van der Waals surface area contributed by atoms with Gasteiger partial charge >= 0.3 is 0 Å². The van der Waals surface area contributed by atoms with E-state index >= 15 is 0 Å². The molecule has 0 atom stereocenters. The van der Waals surface area contributed by atoms with Crippen LogP contribution in [0.15, 0.2) is 48.5 Å². The Hall–Kier alpha value is -2.00. The fourth-order valence-corrected chi connectivity index (χ4v) is 2.75. The van der Waals surface area contributed by atoms with Gasteiger partial charge in [0.25, 0.3) is 0 Å². The van der Waals surface area contributed by atoms with Crippen molar-refractivity contribution in [3.8, 4) is 5.75 Å². The molecule has 2 aromatic carbocycles. The summed E-state index contributed by atoms with van der Waals surface area (Å²) in [5, 5.41) is 3.88. The number of carbonyl (C=O) groups excluding carboxylic acids is 1. The number of ether oxygens (including phenoxy) is 1. The predicted molar refractivity (Wildman–Crippen MR) is 87.2 cm³/mol. The zero-order valence-corrected chi connectivity index (χ0v) is 13.2. The summed E-state index contributed by atoms with van der Waals surface area (Å²) in [6.45, 7) is 0. The second-order valence-electron chi connectivity index (χ2n) is 5.66. The number of methoxy groups -OCH3 is 1. The van der Waals surface area contributed by atoms with Crippen molar-refractivity contribution in [1.82, 2.24) is 5.32 Å². The molecule has 1 aliphatic rings. The van der Waals surface area contributed by atoms with Crippen LogP contribution in [0.1, 0.15) is 24.0 Å². The molecule has 1 amide bonds. The summed E-state index contributed by atoms with van der Waals surface area (Å²) in [5.74, 6) is 0.835. The van der Waals surface area contributed by atoms with E-state index < -0.39 is 0 Å². The number of hydrogen-bond acceptors (Lipinski definition) is 2. The summed E-state index contributed by atoms with van der Waals surface area (Å²) in [6.07, 6.45) is 2.32. The molecule has 0 unspecified atom stereocenters. The van der Waals surface area contributed by atoms with Crippen LogP contribution in [0.3, 0.4) is 0 Å². The van der Waals surface area contributed by atoms with Gasteiger partial charge in [-0.2, -0.15) is 0 Å². The van der Waals surface area contributed by atoms with Gasteiger partial charge in [-0.3, -0.25) is 4.79 Å². The van der Waals surface area contributed by atoms with E-state index in [1.807, 2.05) is 48.5 Å². The van der Waals surface area contributed by atoms with Gasteiger partial charge in [0.05, 0.1) is 19.1 Å². The molecule has 1 aliphatic carbocycles. The average Bonchev–Trinajstić information content (AvgIpc) is 3.29. The SMILES string of the molecule is COc1ccc(CC(=O)NC2(c3ccc(Cl)cc3)CC2)cc1. The minimum absolute atomic E-state index is 0.0395. The molecule has 114 valence electrons. The summed E-state index contributed by atoms with van der Waals surface area (Å²) in [6, 6.07) is 15.3. The van der Waals surface area contributed by atoms with Gasteiger partial charge in [0.2, 0.25) is 5.91 Å². The highest BCUT2D eigenvalue weighted by atomic mass is 35.5. The van der Waals surface area contributed by atoms with E-state index in [9.17, 15) is 4.79 Å². The number of rotatable bonds is 5. The number of amides is 1. The van der Waals surface area contributed by atoms with E-state index in [2.05, 4.69) is 5.32 Å². The van der Waals surface area contributed by atoms with E-state index in [1.165, 1.54) is 0 Å². The van der Waals surface area contributed by atoms with Crippen molar-refractivity contribution >= 4 is 17.5 Å². The van der Waals surface area contributed by atoms with Crippen LogP contribution in [0, 0.1) is 0 Å². The maximum Gasteiger partial charge on any atom is 0.225 e. The van der Waals surface area contributed by atoms with E-state index in [1.54, 1.807) is 7.11 Å². The van der Waals surface area contributed by atoms with Crippen molar-refractivity contribution < 1.29 is 9.53 Å². The first kappa shape index (κ1) is 14.9. The zero-order chi connectivity index (χ0) is 15.6. The normalized spacial score (nSPS) is 15.2. The quantitative estimate of drug-likeness (QED) is 0.913. The van der Waals surface area contributed by atoms with Gasteiger partial charge in [0.1, 0.15) is 5.75 Å². The Kier molecular flexibility index (Phi) is 4.08. The highest BCUT2D eigenvalue weighted by Crippen LogP contribution is 2.45. The third-order valence-electron chi connectivity index (χ3n) is 4.05. The van der Waals surface area contributed by atoms with Crippen LogP contribution in [0.25, 0.3) is 0 Å². The molecule has 1 saturated carbocycles. The molecule has 0 radical (unpaired) electrons. The lowest BCUT2D eigenvalue weighted by Crippen LogP contribution is -2.35. The number of nitrogens with one attached hydrogen (secondary N) is 1. The van der Waals surface area contributed by atoms with E-state index in [0.717, 1.165) is 29.7 Å². The Morgan fingerprint density at radius 3 is 2.32 bits per heavy atom. The first-order valence-electron chi connectivity index (χ1n) is 7.31. The molecule has 0 aromatic heterocycles. The Balaban J connectivity index is 1.64. The van der Waals surface area contributed by atoms with Crippen LogP contribution in [-0.4, -0.2) is 13.0 Å². The van der Waals surface area contributed by atoms with Gasteiger partial charge in [-0.25, -0.2) is 0 Å². The van der Waals surface area contributed by atoms with Gasteiger partial charge in [-0.15, -0.1) is 0 Å². The molecule has 3 nitrogen and oxygen atoms in total.